The van der Waals surface area contributed by atoms with Gasteiger partial charge in [-0.05, 0) is 18.2 Å². The molecule has 5 nitrogen and oxygen atoms in total. The van der Waals surface area contributed by atoms with Gasteiger partial charge in [0.1, 0.15) is 0 Å². The normalized spacial score (nSPS) is 10.5. The number of nitrogens with zero attached hydrogens (tertiary/aromatic N) is 1. The van der Waals surface area contributed by atoms with Crippen molar-refractivity contribution in [2.75, 3.05) is 7.11 Å². The third-order valence-corrected chi connectivity index (χ3v) is 2.52. The average Bonchev–Trinajstić information content (AvgIpc) is 2.62. The maximum Gasteiger partial charge on any atom is 0.337 e. The van der Waals surface area contributed by atoms with Crippen molar-refractivity contribution in [1.29, 1.82) is 0 Å². The van der Waals surface area contributed by atoms with Gasteiger partial charge in [-0.25, -0.2) is 4.79 Å². The molecule has 0 aliphatic heterocycles. The van der Waals surface area contributed by atoms with Gasteiger partial charge in [-0.2, -0.15) is 0 Å². The molecule has 1 aromatic carbocycles. The van der Waals surface area contributed by atoms with E-state index in [4.69, 9.17) is 0 Å². The summed E-state index contributed by atoms with van der Waals surface area (Å²) in [7, 11) is 1.30. The number of rotatable bonds is 1. The Labute approximate surface area is 97.2 Å². The average molecular weight is 233 g/mol. The maximum atomic E-state index is 11.3. The molecule has 0 radical (unpaired) electrons. The third kappa shape index (κ3) is 1.75. The molecule has 2 aromatic rings. The van der Waals surface area contributed by atoms with Crippen LogP contribution in [-0.4, -0.2) is 28.7 Å². The fourth-order valence-electron chi connectivity index (χ4n) is 1.78. The zero-order valence-corrected chi connectivity index (χ0v) is 9.43. The molecule has 0 aliphatic carbocycles. The van der Waals surface area contributed by atoms with Crippen molar-refractivity contribution in [3.05, 3.63) is 29.8 Å². The zero-order valence-electron chi connectivity index (χ0n) is 9.43. The minimum atomic E-state index is -0.457. The first-order valence-electron chi connectivity index (χ1n) is 4.98. The molecule has 0 amide bonds. The quantitative estimate of drug-likeness (QED) is 0.762. The number of hydrogen-bond acceptors (Lipinski definition) is 4. The van der Waals surface area contributed by atoms with E-state index >= 15 is 0 Å². The molecule has 1 N–H and O–H groups in total. The van der Waals surface area contributed by atoms with Crippen LogP contribution in [0.3, 0.4) is 0 Å². The van der Waals surface area contributed by atoms with Crippen LogP contribution in [0.5, 0.6) is 5.88 Å². The lowest BCUT2D eigenvalue weighted by Crippen LogP contribution is -2.04. The van der Waals surface area contributed by atoms with Crippen LogP contribution in [0.1, 0.15) is 22.1 Å². The van der Waals surface area contributed by atoms with Gasteiger partial charge in [0, 0.05) is 18.4 Å². The van der Waals surface area contributed by atoms with E-state index in [1.54, 1.807) is 18.2 Å². The SMILES string of the molecule is COC(=O)c1ccc2c(c1)cc(O)n2C(C)=O. The van der Waals surface area contributed by atoms with E-state index in [0.717, 1.165) is 0 Å². The Morgan fingerprint density at radius 1 is 1.29 bits per heavy atom. The highest BCUT2D eigenvalue weighted by atomic mass is 16.5. The Morgan fingerprint density at radius 3 is 2.59 bits per heavy atom. The van der Waals surface area contributed by atoms with Gasteiger partial charge in [0.25, 0.3) is 0 Å². The number of aromatic nitrogens is 1. The second kappa shape index (κ2) is 3.93. The summed E-state index contributed by atoms with van der Waals surface area (Å²) in [6.07, 6.45) is 0. The van der Waals surface area contributed by atoms with Crippen LogP contribution in [0.25, 0.3) is 10.9 Å². The first-order chi connectivity index (χ1) is 8.04. The summed E-state index contributed by atoms with van der Waals surface area (Å²) in [5, 5.41) is 10.2. The maximum absolute atomic E-state index is 11.3. The Hall–Kier alpha value is -2.30. The third-order valence-electron chi connectivity index (χ3n) is 2.52. The fourth-order valence-corrected chi connectivity index (χ4v) is 1.78. The Morgan fingerprint density at radius 2 is 2.00 bits per heavy atom. The van der Waals surface area contributed by atoms with Crippen LogP contribution in [0, 0.1) is 0 Å². The number of carbonyl (C=O) groups is 2. The number of benzene rings is 1. The van der Waals surface area contributed by atoms with E-state index in [2.05, 4.69) is 4.74 Å². The predicted molar refractivity (Wildman–Crippen MR) is 61.2 cm³/mol. The molecule has 0 spiro atoms. The van der Waals surface area contributed by atoms with Crippen molar-refractivity contribution in [3.8, 4) is 5.88 Å². The highest BCUT2D eigenvalue weighted by molar-refractivity contribution is 5.98. The standard InChI is InChI=1S/C12H11NO4/c1-7(14)13-10-4-3-8(12(16)17-2)5-9(10)6-11(13)15/h3-6,15H,1-2H3. The van der Waals surface area contributed by atoms with Crippen molar-refractivity contribution in [2.24, 2.45) is 0 Å². The van der Waals surface area contributed by atoms with E-state index in [1.165, 1.54) is 24.7 Å². The summed E-state index contributed by atoms with van der Waals surface area (Å²) in [6.45, 7) is 1.35. The lowest BCUT2D eigenvalue weighted by Gasteiger charge is -2.02. The fraction of sp³-hybridized carbons (Fsp3) is 0.167. The molecule has 2 rings (SSSR count). The van der Waals surface area contributed by atoms with Crippen molar-refractivity contribution in [3.63, 3.8) is 0 Å². The lowest BCUT2D eigenvalue weighted by molar-refractivity contribution is 0.0600. The summed E-state index contributed by atoms with van der Waals surface area (Å²) in [4.78, 5) is 22.7. The molecular formula is C12H11NO4. The molecular weight excluding hydrogens is 222 g/mol. The second-order valence-corrected chi connectivity index (χ2v) is 3.62. The van der Waals surface area contributed by atoms with Crippen LogP contribution < -0.4 is 0 Å². The molecule has 0 aliphatic rings. The van der Waals surface area contributed by atoms with E-state index in [1.807, 2.05) is 0 Å². The molecule has 5 heteroatoms. The molecule has 0 bridgehead atoms. The van der Waals surface area contributed by atoms with Crippen LogP contribution >= 0.6 is 0 Å². The van der Waals surface area contributed by atoms with E-state index in [0.29, 0.717) is 16.5 Å². The number of esters is 1. The number of aromatic hydroxyl groups is 1. The highest BCUT2D eigenvalue weighted by Crippen LogP contribution is 2.25. The largest absolute Gasteiger partial charge is 0.494 e. The van der Waals surface area contributed by atoms with E-state index in [-0.39, 0.29) is 11.8 Å². The van der Waals surface area contributed by atoms with Gasteiger partial charge >= 0.3 is 5.97 Å². The first-order valence-corrected chi connectivity index (χ1v) is 4.98. The minimum Gasteiger partial charge on any atom is -0.494 e. The topological polar surface area (TPSA) is 68.5 Å². The molecule has 0 atom stereocenters. The number of hydrogen-bond donors (Lipinski definition) is 1. The molecule has 0 saturated heterocycles. The molecule has 17 heavy (non-hydrogen) atoms. The molecule has 0 fully saturated rings. The molecule has 0 unspecified atom stereocenters. The second-order valence-electron chi connectivity index (χ2n) is 3.62. The highest BCUT2D eigenvalue weighted by Gasteiger charge is 2.13. The van der Waals surface area contributed by atoms with E-state index in [9.17, 15) is 14.7 Å². The molecule has 88 valence electrons. The summed E-state index contributed by atoms with van der Waals surface area (Å²) in [5.74, 6) is -0.889. The summed E-state index contributed by atoms with van der Waals surface area (Å²) < 4.78 is 5.77. The number of ether oxygens (including phenoxy) is 1. The van der Waals surface area contributed by atoms with Crippen LogP contribution in [0.15, 0.2) is 24.3 Å². The predicted octanol–water partition coefficient (Wildman–Crippen LogP) is 1.79. The summed E-state index contributed by atoms with van der Waals surface area (Å²) in [5.41, 5.74) is 0.934. The Kier molecular flexibility index (Phi) is 2.59. The van der Waals surface area contributed by atoms with Gasteiger partial charge < -0.3 is 9.84 Å². The smallest absolute Gasteiger partial charge is 0.337 e. The number of carbonyl (C=O) groups excluding carboxylic acids is 2. The zero-order chi connectivity index (χ0) is 12.6. The summed E-state index contributed by atoms with van der Waals surface area (Å²) in [6, 6.07) is 6.15. The molecule has 0 saturated carbocycles. The van der Waals surface area contributed by atoms with Crippen LogP contribution in [-0.2, 0) is 4.74 Å². The minimum absolute atomic E-state index is 0.144. The van der Waals surface area contributed by atoms with Crippen LogP contribution in [0.4, 0.5) is 0 Å². The van der Waals surface area contributed by atoms with Gasteiger partial charge in [0.15, 0.2) is 5.88 Å². The van der Waals surface area contributed by atoms with E-state index < -0.39 is 5.97 Å². The Bertz CT molecular complexity index is 612. The number of methoxy groups -OCH3 is 1. The van der Waals surface area contributed by atoms with Gasteiger partial charge in [-0.15, -0.1) is 0 Å². The van der Waals surface area contributed by atoms with Gasteiger partial charge in [0.05, 0.1) is 18.2 Å². The van der Waals surface area contributed by atoms with Crippen molar-refractivity contribution >= 4 is 22.8 Å². The lowest BCUT2D eigenvalue weighted by atomic mass is 10.1. The first kappa shape index (κ1) is 11.2. The van der Waals surface area contributed by atoms with Crippen molar-refractivity contribution < 1.29 is 19.4 Å². The van der Waals surface area contributed by atoms with Crippen molar-refractivity contribution in [2.45, 2.75) is 6.92 Å². The molecule has 1 heterocycles. The van der Waals surface area contributed by atoms with Gasteiger partial charge in [-0.3, -0.25) is 9.36 Å². The summed E-state index contributed by atoms with van der Waals surface area (Å²) >= 11 is 0. The van der Waals surface area contributed by atoms with Crippen molar-refractivity contribution in [1.82, 2.24) is 4.57 Å². The molecule has 1 aromatic heterocycles. The van der Waals surface area contributed by atoms with Gasteiger partial charge in [-0.1, -0.05) is 0 Å². The van der Waals surface area contributed by atoms with Crippen LogP contribution in [0.2, 0.25) is 0 Å². The number of fused-ring (bicyclic) bond motifs is 1. The monoisotopic (exact) mass is 233 g/mol. The van der Waals surface area contributed by atoms with Gasteiger partial charge in [0.2, 0.25) is 5.91 Å². The Balaban J connectivity index is 2.65.